The van der Waals surface area contributed by atoms with Gasteiger partial charge in [0.25, 0.3) is 0 Å². The second-order valence-electron chi connectivity index (χ2n) is 7.43. The molecular weight excluding hydrogens is 308 g/mol. The van der Waals surface area contributed by atoms with Crippen molar-refractivity contribution in [2.45, 2.75) is 25.7 Å². The molecule has 0 bridgehead atoms. The zero-order valence-corrected chi connectivity index (χ0v) is 15.2. The van der Waals surface area contributed by atoms with Gasteiger partial charge in [-0.1, -0.05) is 80.2 Å². The highest BCUT2D eigenvalue weighted by molar-refractivity contribution is 6.83. The van der Waals surface area contributed by atoms with Gasteiger partial charge in [-0.3, -0.25) is 0 Å². The van der Waals surface area contributed by atoms with Crippen LogP contribution in [-0.4, -0.2) is 13.2 Å². The number of benzene rings is 4. The fraction of sp³-hybridized carbons (Fsp3) is 0.182. The van der Waals surface area contributed by atoms with Crippen LogP contribution in [0.1, 0.15) is 11.7 Å². The first kappa shape index (κ1) is 15.2. The Bertz CT molecular complexity index is 1090. The fourth-order valence-corrected chi connectivity index (χ4v) is 3.93. The van der Waals surface area contributed by atoms with Gasteiger partial charge in [-0.25, -0.2) is 0 Å². The van der Waals surface area contributed by atoms with Crippen LogP contribution in [0.4, 0.5) is 0 Å². The highest BCUT2D eigenvalue weighted by Gasteiger charge is 2.15. The minimum atomic E-state index is -1.51. The summed E-state index contributed by atoms with van der Waals surface area (Å²) < 4.78 is 0. The van der Waals surface area contributed by atoms with Gasteiger partial charge in [0, 0.05) is 5.56 Å². The number of aliphatic hydroxyl groups excluding tert-OH is 1. The molecule has 118 valence electrons. The van der Waals surface area contributed by atoms with Crippen molar-refractivity contribution in [2.24, 2.45) is 0 Å². The first-order valence-electron chi connectivity index (χ1n) is 8.31. The molecule has 4 aromatic rings. The van der Waals surface area contributed by atoms with Crippen LogP contribution >= 0.6 is 0 Å². The summed E-state index contributed by atoms with van der Waals surface area (Å²) in [6.45, 7) is 6.57. The van der Waals surface area contributed by atoms with Crippen molar-refractivity contribution in [1.29, 1.82) is 0 Å². The lowest BCUT2D eigenvalue weighted by atomic mass is 9.91. The van der Waals surface area contributed by atoms with Gasteiger partial charge in [-0.2, -0.15) is 0 Å². The van der Waals surface area contributed by atoms with E-state index >= 15 is 0 Å². The molecule has 1 unspecified atom stereocenters. The Balaban J connectivity index is 2.02. The first-order chi connectivity index (χ1) is 11.4. The normalized spacial score (nSPS) is 13.3. The molecule has 0 amide bonds. The standard InChI is InChI=1S/C22H20OSi/c1-24(2,3)14-13-20(23)18-11-9-17-8-7-15-5-4-6-16-10-12-19(18)22(17)21(15)16/h4-12,20,23H,1-3H3. The summed E-state index contributed by atoms with van der Waals surface area (Å²) in [5, 5.41) is 18.0. The van der Waals surface area contributed by atoms with E-state index in [4.69, 9.17) is 0 Å². The molecule has 0 saturated carbocycles. The lowest BCUT2D eigenvalue weighted by Gasteiger charge is -2.15. The predicted octanol–water partition coefficient (Wildman–Crippen LogP) is 5.50. The molecule has 4 aromatic carbocycles. The summed E-state index contributed by atoms with van der Waals surface area (Å²) in [5.41, 5.74) is 4.20. The lowest BCUT2D eigenvalue weighted by Crippen LogP contribution is -2.16. The van der Waals surface area contributed by atoms with Gasteiger partial charge in [0.1, 0.15) is 14.2 Å². The summed E-state index contributed by atoms with van der Waals surface area (Å²) in [6, 6.07) is 19.1. The number of rotatable bonds is 1. The number of hydrogen-bond acceptors (Lipinski definition) is 1. The molecule has 2 heteroatoms. The summed E-state index contributed by atoms with van der Waals surface area (Å²) >= 11 is 0. The SMILES string of the molecule is C[Si](C)(C)C#CC(O)c1ccc2ccc3cccc4ccc1c2c34. The van der Waals surface area contributed by atoms with E-state index in [1.165, 1.54) is 26.9 Å². The van der Waals surface area contributed by atoms with E-state index in [-0.39, 0.29) is 0 Å². The quantitative estimate of drug-likeness (QED) is 0.278. The van der Waals surface area contributed by atoms with Crippen LogP contribution < -0.4 is 0 Å². The monoisotopic (exact) mass is 328 g/mol. The fourth-order valence-electron chi connectivity index (χ4n) is 3.36. The molecule has 1 nitrogen and oxygen atoms in total. The van der Waals surface area contributed by atoms with Gasteiger partial charge < -0.3 is 5.11 Å². The van der Waals surface area contributed by atoms with Crippen LogP contribution in [0.2, 0.25) is 19.6 Å². The molecule has 0 fully saturated rings. The zero-order valence-electron chi connectivity index (χ0n) is 14.2. The van der Waals surface area contributed by atoms with E-state index in [1.54, 1.807) is 0 Å². The maximum atomic E-state index is 10.7. The van der Waals surface area contributed by atoms with Gasteiger partial charge in [-0.05, 0) is 32.3 Å². The summed E-state index contributed by atoms with van der Waals surface area (Å²) in [7, 11) is -1.51. The van der Waals surface area contributed by atoms with Crippen molar-refractivity contribution in [3.8, 4) is 11.5 Å². The molecule has 0 aliphatic rings. The van der Waals surface area contributed by atoms with Gasteiger partial charge in [0.05, 0.1) is 0 Å². The highest BCUT2D eigenvalue weighted by atomic mass is 28.3. The van der Waals surface area contributed by atoms with Gasteiger partial charge in [0.2, 0.25) is 0 Å². The van der Waals surface area contributed by atoms with E-state index in [2.05, 4.69) is 79.6 Å². The molecule has 0 aliphatic carbocycles. The third kappa shape index (κ3) is 2.47. The van der Waals surface area contributed by atoms with Crippen LogP contribution in [0, 0.1) is 11.5 Å². The molecule has 24 heavy (non-hydrogen) atoms. The van der Waals surface area contributed by atoms with Crippen molar-refractivity contribution in [3.05, 3.63) is 60.2 Å². The Morgan fingerprint density at radius 2 is 1.38 bits per heavy atom. The van der Waals surface area contributed by atoms with Gasteiger partial charge in [-0.15, -0.1) is 5.54 Å². The largest absolute Gasteiger partial charge is 0.376 e. The van der Waals surface area contributed by atoms with Crippen LogP contribution in [0.3, 0.4) is 0 Å². The van der Waals surface area contributed by atoms with Crippen molar-refractivity contribution in [2.75, 3.05) is 0 Å². The van der Waals surface area contributed by atoms with Crippen LogP contribution in [0.15, 0.2) is 54.6 Å². The third-order valence-corrected chi connectivity index (χ3v) is 5.34. The average molecular weight is 328 g/mol. The van der Waals surface area contributed by atoms with Crippen LogP contribution in [0.5, 0.6) is 0 Å². The zero-order chi connectivity index (χ0) is 16.9. The molecule has 1 atom stereocenters. The van der Waals surface area contributed by atoms with E-state index in [0.717, 1.165) is 10.9 Å². The molecule has 0 aromatic heterocycles. The Labute approximate surface area is 143 Å². The topological polar surface area (TPSA) is 20.2 Å². The molecule has 0 heterocycles. The first-order valence-corrected chi connectivity index (χ1v) is 11.8. The van der Waals surface area contributed by atoms with E-state index < -0.39 is 14.2 Å². The van der Waals surface area contributed by atoms with Crippen LogP contribution in [0.25, 0.3) is 32.3 Å². The molecule has 0 aliphatic heterocycles. The second-order valence-corrected chi connectivity index (χ2v) is 12.2. The van der Waals surface area contributed by atoms with E-state index in [9.17, 15) is 5.11 Å². The third-order valence-electron chi connectivity index (χ3n) is 4.44. The minimum Gasteiger partial charge on any atom is -0.376 e. The maximum Gasteiger partial charge on any atom is 0.140 e. The maximum absolute atomic E-state index is 10.7. The molecular formula is C22H20OSi. The van der Waals surface area contributed by atoms with E-state index in [1.807, 2.05) is 6.07 Å². The lowest BCUT2D eigenvalue weighted by molar-refractivity contribution is 0.240. The van der Waals surface area contributed by atoms with Crippen molar-refractivity contribution >= 4 is 40.4 Å². The summed E-state index contributed by atoms with van der Waals surface area (Å²) in [4.78, 5) is 0. The van der Waals surface area contributed by atoms with Crippen molar-refractivity contribution in [3.63, 3.8) is 0 Å². The van der Waals surface area contributed by atoms with Crippen molar-refractivity contribution < 1.29 is 5.11 Å². The molecule has 1 N–H and O–H groups in total. The number of hydrogen-bond donors (Lipinski definition) is 1. The van der Waals surface area contributed by atoms with Crippen molar-refractivity contribution in [1.82, 2.24) is 0 Å². The van der Waals surface area contributed by atoms with Gasteiger partial charge in [0.15, 0.2) is 0 Å². The number of aliphatic hydroxyl groups is 1. The Kier molecular flexibility index (Phi) is 3.38. The Morgan fingerprint density at radius 3 is 2.04 bits per heavy atom. The second kappa shape index (κ2) is 5.34. The summed E-state index contributed by atoms with van der Waals surface area (Å²) in [5.74, 6) is 3.08. The molecule has 0 saturated heterocycles. The predicted molar refractivity (Wildman–Crippen MR) is 106 cm³/mol. The van der Waals surface area contributed by atoms with Crippen LogP contribution in [-0.2, 0) is 0 Å². The van der Waals surface area contributed by atoms with E-state index in [0.29, 0.717) is 0 Å². The molecule has 4 rings (SSSR count). The smallest absolute Gasteiger partial charge is 0.140 e. The Morgan fingerprint density at radius 1 is 0.792 bits per heavy atom. The summed E-state index contributed by atoms with van der Waals surface area (Å²) in [6.07, 6.45) is -0.735. The average Bonchev–Trinajstić information content (AvgIpc) is 2.57. The minimum absolute atomic E-state index is 0.735. The highest BCUT2D eigenvalue weighted by Crippen LogP contribution is 2.37. The molecule has 0 radical (unpaired) electrons. The molecule has 0 spiro atoms. The Hall–Kier alpha value is -2.34. The van der Waals surface area contributed by atoms with Gasteiger partial charge >= 0.3 is 0 Å².